The van der Waals surface area contributed by atoms with Crippen molar-refractivity contribution in [2.75, 3.05) is 5.73 Å². The molecule has 0 bridgehead atoms. The van der Waals surface area contributed by atoms with Gasteiger partial charge in [-0.25, -0.2) is 4.98 Å². The highest BCUT2D eigenvalue weighted by molar-refractivity contribution is 5.83. The highest BCUT2D eigenvalue weighted by atomic mass is 19.4. The van der Waals surface area contributed by atoms with Crippen molar-refractivity contribution in [3.63, 3.8) is 0 Å². The first kappa shape index (κ1) is 12.2. The summed E-state index contributed by atoms with van der Waals surface area (Å²) in [5, 5.41) is 0. The topological polar surface area (TPSA) is 91.2 Å². The summed E-state index contributed by atoms with van der Waals surface area (Å²) in [6.07, 6.45) is -3.80. The lowest BCUT2D eigenvalue weighted by molar-refractivity contribution is -0.276. The number of carbonyl (C=O) groups excluding carboxylic acids is 1. The largest absolute Gasteiger partial charge is 0.574 e. The summed E-state index contributed by atoms with van der Waals surface area (Å²) < 4.78 is 39.4. The first-order chi connectivity index (χ1) is 7.39. The van der Waals surface area contributed by atoms with Crippen LogP contribution in [0.2, 0.25) is 0 Å². The number of aromatic nitrogens is 1. The number of aldehydes is 1. The van der Waals surface area contributed by atoms with E-state index in [1.165, 1.54) is 0 Å². The van der Waals surface area contributed by atoms with Gasteiger partial charge in [-0.05, 0) is 0 Å². The lowest BCUT2D eigenvalue weighted by Gasteiger charge is -2.12. The Bertz CT molecular complexity index is 406. The number of pyridine rings is 1. The van der Waals surface area contributed by atoms with Crippen LogP contribution in [0.4, 0.5) is 18.9 Å². The lowest BCUT2D eigenvalue weighted by atomic mass is 10.1. The highest BCUT2D eigenvalue weighted by Crippen LogP contribution is 2.27. The number of halogens is 3. The molecule has 1 rings (SSSR count). The van der Waals surface area contributed by atoms with Gasteiger partial charge in [0.15, 0.2) is 6.29 Å². The second-order valence-corrected chi connectivity index (χ2v) is 2.78. The fourth-order valence-corrected chi connectivity index (χ4v) is 1.10. The third kappa shape index (κ3) is 2.60. The Morgan fingerprint density at radius 1 is 1.50 bits per heavy atom. The van der Waals surface area contributed by atoms with E-state index in [-0.39, 0.29) is 29.6 Å². The van der Waals surface area contributed by atoms with Gasteiger partial charge < -0.3 is 16.2 Å². The van der Waals surface area contributed by atoms with Crippen LogP contribution in [-0.4, -0.2) is 17.6 Å². The number of anilines is 1. The number of nitrogen functional groups attached to an aromatic ring is 1. The Morgan fingerprint density at radius 3 is 2.56 bits per heavy atom. The molecule has 0 saturated carbocycles. The summed E-state index contributed by atoms with van der Waals surface area (Å²) in [7, 11) is 0. The average Bonchev–Trinajstić information content (AvgIpc) is 2.18. The Kier molecular flexibility index (Phi) is 3.33. The number of nitrogens with two attached hydrogens (primary N) is 2. The van der Waals surface area contributed by atoms with Gasteiger partial charge in [-0.15, -0.1) is 13.2 Å². The molecule has 1 aromatic rings. The summed E-state index contributed by atoms with van der Waals surface area (Å²) in [6, 6.07) is 0. The summed E-state index contributed by atoms with van der Waals surface area (Å²) in [5.74, 6) is -0.850. The second-order valence-electron chi connectivity index (χ2n) is 2.78. The molecule has 88 valence electrons. The first-order valence-electron chi connectivity index (χ1n) is 4.07. The van der Waals surface area contributed by atoms with E-state index in [4.69, 9.17) is 11.5 Å². The molecule has 0 fully saturated rings. The van der Waals surface area contributed by atoms with Crippen LogP contribution in [0.15, 0.2) is 6.20 Å². The van der Waals surface area contributed by atoms with Crippen LogP contribution in [0.5, 0.6) is 5.88 Å². The Morgan fingerprint density at radius 2 is 2.12 bits per heavy atom. The molecule has 0 saturated heterocycles. The van der Waals surface area contributed by atoms with Crippen molar-refractivity contribution in [1.29, 1.82) is 0 Å². The molecule has 0 aromatic carbocycles. The molecule has 0 unspecified atom stereocenters. The first-order valence-corrected chi connectivity index (χ1v) is 4.07. The van der Waals surface area contributed by atoms with Crippen LogP contribution >= 0.6 is 0 Å². The monoisotopic (exact) mass is 235 g/mol. The number of nitrogens with zero attached hydrogens (tertiary/aromatic N) is 1. The Labute approximate surface area is 88.2 Å². The zero-order valence-electron chi connectivity index (χ0n) is 7.91. The molecule has 16 heavy (non-hydrogen) atoms. The van der Waals surface area contributed by atoms with Gasteiger partial charge in [0.05, 0.1) is 17.4 Å². The number of ether oxygens (including phenoxy) is 1. The van der Waals surface area contributed by atoms with Gasteiger partial charge in [0.1, 0.15) is 0 Å². The minimum Gasteiger partial charge on any atom is -0.397 e. The number of alkyl halides is 3. The Hall–Kier alpha value is -1.83. The van der Waals surface area contributed by atoms with Crippen molar-refractivity contribution in [2.24, 2.45) is 5.73 Å². The van der Waals surface area contributed by atoms with E-state index in [2.05, 4.69) is 9.72 Å². The number of carbonyl (C=O) groups is 1. The van der Waals surface area contributed by atoms with Crippen LogP contribution in [0.3, 0.4) is 0 Å². The standard InChI is InChI=1S/C8H8F3N3O2/c9-8(10,11)16-7-5(3-15)4(1-12)6(13)2-14-7/h2-3H,1,12-13H2. The van der Waals surface area contributed by atoms with Crippen LogP contribution in [-0.2, 0) is 6.54 Å². The minimum absolute atomic E-state index is 0.0409. The number of hydrogen-bond donors (Lipinski definition) is 2. The van der Waals surface area contributed by atoms with Crippen molar-refractivity contribution in [1.82, 2.24) is 4.98 Å². The molecule has 0 amide bonds. The highest BCUT2D eigenvalue weighted by Gasteiger charge is 2.33. The molecular weight excluding hydrogens is 227 g/mol. The fourth-order valence-electron chi connectivity index (χ4n) is 1.10. The molecule has 4 N–H and O–H groups in total. The third-order valence-electron chi connectivity index (χ3n) is 1.76. The van der Waals surface area contributed by atoms with Gasteiger partial charge in [-0.3, -0.25) is 4.79 Å². The van der Waals surface area contributed by atoms with E-state index in [1.807, 2.05) is 0 Å². The molecule has 1 aromatic heterocycles. The van der Waals surface area contributed by atoms with Crippen molar-refractivity contribution >= 4 is 12.0 Å². The molecule has 0 atom stereocenters. The summed E-state index contributed by atoms with van der Waals surface area (Å²) in [5.41, 5.74) is 10.4. The summed E-state index contributed by atoms with van der Waals surface area (Å²) in [4.78, 5) is 13.9. The van der Waals surface area contributed by atoms with E-state index >= 15 is 0 Å². The normalized spacial score (nSPS) is 11.2. The fraction of sp³-hybridized carbons (Fsp3) is 0.250. The van der Waals surface area contributed by atoms with Gasteiger partial charge >= 0.3 is 6.36 Å². The van der Waals surface area contributed by atoms with E-state index in [1.54, 1.807) is 0 Å². The number of hydrogen-bond acceptors (Lipinski definition) is 5. The molecular formula is C8H8F3N3O2. The van der Waals surface area contributed by atoms with Crippen molar-refractivity contribution in [3.8, 4) is 5.88 Å². The molecule has 0 radical (unpaired) electrons. The van der Waals surface area contributed by atoms with Gasteiger partial charge in [-0.1, -0.05) is 0 Å². The summed E-state index contributed by atoms with van der Waals surface area (Å²) in [6.45, 7) is -0.184. The quantitative estimate of drug-likeness (QED) is 0.757. The van der Waals surface area contributed by atoms with E-state index in [0.29, 0.717) is 0 Å². The third-order valence-corrected chi connectivity index (χ3v) is 1.76. The van der Waals surface area contributed by atoms with Crippen LogP contribution in [0.1, 0.15) is 15.9 Å². The van der Waals surface area contributed by atoms with Crippen LogP contribution in [0, 0.1) is 0 Å². The maximum atomic E-state index is 12.0. The molecule has 5 nitrogen and oxygen atoms in total. The van der Waals surface area contributed by atoms with Gasteiger partial charge in [-0.2, -0.15) is 0 Å². The van der Waals surface area contributed by atoms with Crippen LogP contribution in [0.25, 0.3) is 0 Å². The molecule has 1 heterocycles. The molecule has 0 aliphatic carbocycles. The maximum absolute atomic E-state index is 12.0. The van der Waals surface area contributed by atoms with Gasteiger partial charge in [0, 0.05) is 12.1 Å². The zero-order valence-corrected chi connectivity index (χ0v) is 7.91. The SMILES string of the molecule is NCc1c(N)cnc(OC(F)(F)F)c1C=O. The molecule has 0 aliphatic heterocycles. The zero-order chi connectivity index (χ0) is 12.3. The van der Waals surface area contributed by atoms with Gasteiger partial charge in [0.2, 0.25) is 5.88 Å². The maximum Gasteiger partial charge on any atom is 0.574 e. The van der Waals surface area contributed by atoms with E-state index < -0.39 is 12.2 Å². The van der Waals surface area contributed by atoms with Crippen molar-refractivity contribution in [2.45, 2.75) is 12.9 Å². The lowest BCUT2D eigenvalue weighted by Crippen LogP contribution is -2.20. The average molecular weight is 235 g/mol. The van der Waals surface area contributed by atoms with Crippen molar-refractivity contribution < 1.29 is 22.7 Å². The molecule has 0 aliphatic rings. The smallest absolute Gasteiger partial charge is 0.397 e. The second kappa shape index (κ2) is 4.35. The van der Waals surface area contributed by atoms with E-state index in [0.717, 1.165) is 6.20 Å². The summed E-state index contributed by atoms with van der Waals surface area (Å²) >= 11 is 0. The molecule has 8 heteroatoms. The molecule has 0 spiro atoms. The minimum atomic E-state index is -4.92. The Balaban J connectivity index is 3.25. The van der Waals surface area contributed by atoms with E-state index in [9.17, 15) is 18.0 Å². The van der Waals surface area contributed by atoms with Gasteiger partial charge in [0.25, 0.3) is 0 Å². The predicted octanol–water partition coefficient (Wildman–Crippen LogP) is 0.834. The van der Waals surface area contributed by atoms with Crippen LogP contribution < -0.4 is 16.2 Å². The number of rotatable bonds is 3. The van der Waals surface area contributed by atoms with Crippen molar-refractivity contribution in [3.05, 3.63) is 17.3 Å². The predicted molar refractivity (Wildman–Crippen MR) is 48.6 cm³/mol.